The van der Waals surface area contributed by atoms with Gasteiger partial charge in [0.1, 0.15) is 0 Å². The SMILES string of the molecule is Cc1ccnc2nc(C(=O)Nc3ccc(N(C)C)cc3)nn12. The van der Waals surface area contributed by atoms with Crippen LogP contribution >= 0.6 is 0 Å². The van der Waals surface area contributed by atoms with E-state index in [2.05, 4.69) is 20.4 Å². The van der Waals surface area contributed by atoms with Crippen LogP contribution in [0.25, 0.3) is 5.78 Å². The molecule has 1 amide bonds. The fraction of sp³-hybridized carbons (Fsp3) is 0.200. The van der Waals surface area contributed by atoms with E-state index in [1.165, 1.54) is 0 Å². The number of aryl methyl sites for hydroxylation is 1. The van der Waals surface area contributed by atoms with Crippen molar-refractivity contribution in [3.05, 3.63) is 48.0 Å². The van der Waals surface area contributed by atoms with E-state index in [0.717, 1.165) is 11.4 Å². The van der Waals surface area contributed by atoms with Gasteiger partial charge in [0.25, 0.3) is 11.7 Å². The van der Waals surface area contributed by atoms with Crippen molar-refractivity contribution in [1.82, 2.24) is 19.6 Å². The number of carbonyl (C=O) groups excluding carboxylic acids is 1. The number of benzene rings is 1. The maximum Gasteiger partial charge on any atom is 0.295 e. The summed E-state index contributed by atoms with van der Waals surface area (Å²) in [4.78, 5) is 22.4. The van der Waals surface area contributed by atoms with Gasteiger partial charge in [0.2, 0.25) is 5.82 Å². The summed E-state index contributed by atoms with van der Waals surface area (Å²) in [6, 6.07) is 9.35. The lowest BCUT2D eigenvalue weighted by Gasteiger charge is -2.12. The number of hydrogen-bond donors (Lipinski definition) is 1. The molecule has 2 aromatic heterocycles. The highest BCUT2D eigenvalue weighted by molar-refractivity contribution is 6.01. The Labute approximate surface area is 127 Å². The van der Waals surface area contributed by atoms with Crippen LogP contribution < -0.4 is 10.2 Å². The Morgan fingerprint density at radius 3 is 2.55 bits per heavy atom. The van der Waals surface area contributed by atoms with Crippen molar-refractivity contribution in [2.24, 2.45) is 0 Å². The Kier molecular flexibility index (Phi) is 3.46. The van der Waals surface area contributed by atoms with E-state index in [1.807, 2.05) is 56.3 Å². The highest BCUT2D eigenvalue weighted by Crippen LogP contribution is 2.16. The van der Waals surface area contributed by atoms with E-state index in [9.17, 15) is 4.79 Å². The van der Waals surface area contributed by atoms with Crippen LogP contribution in [0, 0.1) is 6.92 Å². The Hall–Kier alpha value is -2.96. The molecule has 2 heterocycles. The third-order valence-corrected chi connectivity index (χ3v) is 3.27. The first-order chi connectivity index (χ1) is 10.5. The van der Waals surface area contributed by atoms with Crippen molar-refractivity contribution < 1.29 is 4.79 Å². The van der Waals surface area contributed by atoms with Crippen LogP contribution in [0.1, 0.15) is 16.3 Å². The molecule has 0 saturated carbocycles. The maximum absolute atomic E-state index is 12.2. The molecule has 0 unspecified atom stereocenters. The molecule has 7 nitrogen and oxygen atoms in total. The predicted octanol–water partition coefficient (Wildman–Crippen LogP) is 1.75. The van der Waals surface area contributed by atoms with Gasteiger partial charge in [-0.1, -0.05) is 0 Å². The molecule has 0 saturated heterocycles. The van der Waals surface area contributed by atoms with Gasteiger partial charge >= 0.3 is 0 Å². The van der Waals surface area contributed by atoms with E-state index >= 15 is 0 Å². The first-order valence-electron chi connectivity index (χ1n) is 6.82. The number of carbonyl (C=O) groups is 1. The molecule has 0 aliphatic rings. The minimum Gasteiger partial charge on any atom is -0.378 e. The first-order valence-corrected chi connectivity index (χ1v) is 6.82. The fourth-order valence-corrected chi connectivity index (χ4v) is 2.03. The zero-order chi connectivity index (χ0) is 15.7. The van der Waals surface area contributed by atoms with Crippen molar-refractivity contribution in [3.63, 3.8) is 0 Å². The summed E-state index contributed by atoms with van der Waals surface area (Å²) in [7, 11) is 3.92. The number of amides is 1. The number of nitrogens with one attached hydrogen (secondary N) is 1. The zero-order valence-electron chi connectivity index (χ0n) is 12.6. The Morgan fingerprint density at radius 2 is 1.91 bits per heavy atom. The summed E-state index contributed by atoms with van der Waals surface area (Å²) in [6.45, 7) is 1.88. The van der Waals surface area contributed by atoms with Gasteiger partial charge < -0.3 is 10.2 Å². The van der Waals surface area contributed by atoms with Crippen LogP contribution in [0.4, 0.5) is 11.4 Å². The van der Waals surface area contributed by atoms with Crippen LogP contribution in [0.15, 0.2) is 36.5 Å². The third-order valence-electron chi connectivity index (χ3n) is 3.27. The number of rotatable bonds is 3. The molecule has 0 atom stereocenters. The summed E-state index contributed by atoms with van der Waals surface area (Å²) in [5.74, 6) is 0.147. The van der Waals surface area contributed by atoms with Gasteiger partial charge in [-0.25, -0.2) is 9.50 Å². The molecular formula is C15H16N6O. The largest absolute Gasteiger partial charge is 0.378 e. The minimum atomic E-state index is -0.359. The molecule has 0 radical (unpaired) electrons. The van der Waals surface area contributed by atoms with Crippen LogP contribution in [-0.4, -0.2) is 39.6 Å². The second kappa shape index (κ2) is 5.44. The number of hydrogen-bond acceptors (Lipinski definition) is 5. The number of anilines is 2. The summed E-state index contributed by atoms with van der Waals surface area (Å²) >= 11 is 0. The van der Waals surface area contributed by atoms with Crippen LogP contribution in [0.5, 0.6) is 0 Å². The lowest BCUT2D eigenvalue weighted by Crippen LogP contribution is -2.14. The smallest absolute Gasteiger partial charge is 0.295 e. The topological polar surface area (TPSA) is 75.4 Å². The number of aromatic nitrogens is 4. The Balaban J connectivity index is 1.82. The highest BCUT2D eigenvalue weighted by Gasteiger charge is 2.14. The van der Waals surface area contributed by atoms with Crippen molar-refractivity contribution in [3.8, 4) is 0 Å². The molecule has 0 fully saturated rings. The van der Waals surface area contributed by atoms with Gasteiger partial charge in [0.05, 0.1) is 0 Å². The van der Waals surface area contributed by atoms with Crippen molar-refractivity contribution in [2.45, 2.75) is 6.92 Å². The number of fused-ring (bicyclic) bond motifs is 1. The molecular weight excluding hydrogens is 280 g/mol. The molecule has 0 spiro atoms. The average Bonchev–Trinajstić information content (AvgIpc) is 2.93. The van der Waals surface area contributed by atoms with Crippen molar-refractivity contribution in [1.29, 1.82) is 0 Å². The summed E-state index contributed by atoms with van der Waals surface area (Å²) in [5, 5.41) is 6.96. The molecule has 1 N–H and O–H groups in total. The van der Waals surface area contributed by atoms with E-state index in [4.69, 9.17) is 0 Å². The summed E-state index contributed by atoms with van der Waals surface area (Å²) in [6.07, 6.45) is 1.64. The molecule has 22 heavy (non-hydrogen) atoms. The molecule has 1 aromatic carbocycles. The van der Waals surface area contributed by atoms with Crippen LogP contribution in [0.3, 0.4) is 0 Å². The fourth-order valence-electron chi connectivity index (χ4n) is 2.03. The molecule has 0 aliphatic carbocycles. The second-order valence-electron chi connectivity index (χ2n) is 5.13. The van der Waals surface area contributed by atoms with Gasteiger partial charge in [-0.3, -0.25) is 4.79 Å². The Morgan fingerprint density at radius 1 is 1.18 bits per heavy atom. The Bertz CT molecular complexity index is 822. The average molecular weight is 296 g/mol. The quantitative estimate of drug-likeness (QED) is 0.797. The normalized spacial score (nSPS) is 10.7. The van der Waals surface area contributed by atoms with Gasteiger partial charge in [-0.2, -0.15) is 4.98 Å². The lowest BCUT2D eigenvalue weighted by molar-refractivity contribution is 0.101. The molecule has 0 bridgehead atoms. The van der Waals surface area contributed by atoms with E-state index in [-0.39, 0.29) is 11.7 Å². The summed E-state index contributed by atoms with van der Waals surface area (Å²) < 4.78 is 1.55. The van der Waals surface area contributed by atoms with E-state index < -0.39 is 0 Å². The summed E-state index contributed by atoms with van der Waals surface area (Å²) in [5.41, 5.74) is 2.62. The van der Waals surface area contributed by atoms with E-state index in [0.29, 0.717) is 11.5 Å². The zero-order valence-corrected chi connectivity index (χ0v) is 12.6. The molecule has 112 valence electrons. The highest BCUT2D eigenvalue weighted by atomic mass is 16.2. The third kappa shape index (κ3) is 2.60. The number of nitrogens with zero attached hydrogens (tertiary/aromatic N) is 5. The van der Waals surface area contributed by atoms with Gasteiger partial charge in [-0.15, -0.1) is 5.10 Å². The van der Waals surface area contributed by atoms with Crippen molar-refractivity contribution in [2.75, 3.05) is 24.3 Å². The standard InChI is InChI=1S/C15H16N6O/c1-10-8-9-16-15-18-13(19-21(10)15)14(22)17-11-4-6-12(7-5-11)20(2)3/h4-9H,1-3H3,(H,17,22). The van der Waals surface area contributed by atoms with Crippen LogP contribution in [0.2, 0.25) is 0 Å². The minimum absolute atomic E-state index is 0.0958. The maximum atomic E-state index is 12.2. The van der Waals surface area contributed by atoms with E-state index in [1.54, 1.807) is 10.7 Å². The van der Waals surface area contributed by atoms with Crippen molar-refractivity contribution >= 4 is 23.1 Å². The molecule has 0 aliphatic heterocycles. The first kappa shape index (κ1) is 14.0. The second-order valence-corrected chi connectivity index (χ2v) is 5.13. The predicted molar refractivity (Wildman–Crippen MR) is 84.2 cm³/mol. The van der Waals surface area contributed by atoms with Crippen LogP contribution in [-0.2, 0) is 0 Å². The van der Waals surface area contributed by atoms with Gasteiger partial charge in [0, 0.05) is 37.4 Å². The van der Waals surface area contributed by atoms with Gasteiger partial charge in [-0.05, 0) is 37.3 Å². The molecule has 3 rings (SSSR count). The monoisotopic (exact) mass is 296 g/mol. The molecule has 3 aromatic rings. The van der Waals surface area contributed by atoms with Gasteiger partial charge in [0.15, 0.2) is 0 Å². The molecule has 7 heteroatoms. The lowest BCUT2D eigenvalue weighted by atomic mass is 10.2.